The Labute approximate surface area is 104 Å². The topological polar surface area (TPSA) is 20.2 Å². The van der Waals surface area contributed by atoms with Crippen molar-refractivity contribution in [3.8, 4) is 0 Å². The summed E-state index contributed by atoms with van der Waals surface area (Å²) in [5.74, 6) is 0. The van der Waals surface area contributed by atoms with E-state index in [0.29, 0.717) is 0 Å². The molecular formula is C14H13BrO. The average molecular weight is 277 g/mol. The Kier molecular flexibility index (Phi) is 3.42. The van der Waals surface area contributed by atoms with Crippen molar-refractivity contribution in [1.82, 2.24) is 0 Å². The summed E-state index contributed by atoms with van der Waals surface area (Å²) in [5.41, 5.74) is 3.02. The Morgan fingerprint density at radius 2 is 1.69 bits per heavy atom. The van der Waals surface area contributed by atoms with Gasteiger partial charge in [0, 0.05) is 4.47 Å². The number of aliphatic hydroxyl groups excluding tert-OH is 1. The third kappa shape index (κ3) is 2.52. The molecule has 0 amide bonds. The van der Waals surface area contributed by atoms with Crippen LogP contribution >= 0.6 is 15.9 Å². The van der Waals surface area contributed by atoms with Crippen LogP contribution in [-0.2, 0) is 0 Å². The maximum atomic E-state index is 10.2. The average Bonchev–Trinajstić information content (AvgIpc) is 2.29. The van der Waals surface area contributed by atoms with E-state index in [1.807, 2.05) is 55.5 Å². The first-order valence-corrected chi connectivity index (χ1v) is 5.96. The van der Waals surface area contributed by atoms with Crippen LogP contribution in [0.25, 0.3) is 0 Å². The quantitative estimate of drug-likeness (QED) is 0.884. The van der Waals surface area contributed by atoms with Gasteiger partial charge >= 0.3 is 0 Å². The van der Waals surface area contributed by atoms with Crippen LogP contribution in [0.5, 0.6) is 0 Å². The van der Waals surface area contributed by atoms with Gasteiger partial charge < -0.3 is 5.11 Å². The van der Waals surface area contributed by atoms with E-state index in [0.717, 1.165) is 15.6 Å². The lowest BCUT2D eigenvalue weighted by atomic mass is 10.0. The van der Waals surface area contributed by atoms with E-state index in [1.54, 1.807) is 0 Å². The molecule has 0 heterocycles. The van der Waals surface area contributed by atoms with Crippen LogP contribution in [0.1, 0.15) is 22.8 Å². The van der Waals surface area contributed by atoms with Gasteiger partial charge in [0.05, 0.1) is 0 Å². The highest BCUT2D eigenvalue weighted by Crippen LogP contribution is 2.24. The van der Waals surface area contributed by atoms with E-state index >= 15 is 0 Å². The number of benzene rings is 2. The summed E-state index contributed by atoms with van der Waals surface area (Å²) in [4.78, 5) is 0. The number of hydrogen-bond acceptors (Lipinski definition) is 1. The van der Waals surface area contributed by atoms with Crippen LogP contribution < -0.4 is 0 Å². The number of aliphatic hydroxyl groups is 1. The first-order valence-electron chi connectivity index (χ1n) is 5.17. The van der Waals surface area contributed by atoms with Gasteiger partial charge in [-0.05, 0) is 30.2 Å². The maximum Gasteiger partial charge on any atom is 0.104 e. The Morgan fingerprint density at radius 3 is 2.31 bits per heavy atom. The van der Waals surface area contributed by atoms with Crippen LogP contribution in [0.3, 0.4) is 0 Å². The van der Waals surface area contributed by atoms with E-state index in [9.17, 15) is 5.11 Å². The summed E-state index contributed by atoms with van der Waals surface area (Å²) in [6, 6.07) is 15.7. The van der Waals surface area contributed by atoms with Crippen LogP contribution in [-0.4, -0.2) is 5.11 Å². The standard InChI is InChI=1S/C14H13BrO/c1-10-5-7-11(8-6-10)14(16)12-3-2-4-13(15)9-12/h2-9,14,16H,1H3/t14-/m1/s1. The molecule has 0 aliphatic heterocycles. The molecule has 16 heavy (non-hydrogen) atoms. The van der Waals surface area contributed by atoms with Gasteiger partial charge in [-0.2, -0.15) is 0 Å². The number of rotatable bonds is 2. The lowest BCUT2D eigenvalue weighted by molar-refractivity contribution is 0.220. The predicted molar refractivity (Wildman–Crippen MR) is 69.4 cm³/mol. The molecule has 2 heteroatoms. The zero-order valence-corrected chi connectivity index (χ0v) is 10.6. The summed E-state index contributed by atoms with van der Waals surface area (Å²) in [6.07, 6.45) is -0.557. The molecule has 0 saturated carbocycles. The summed E-state index contributed by atoms with van der Waals surface area (Å²) < 4.78 is 0.983. The lowest BCUT2D eigenvalue weighted by Crippen LogP contribution is -1.99. The molecule has 2 rings (SSSR count). The monoisotopic (exact) mass is 276 g/mol. The molecule has 0 aliphatic carbocycles. The minimum absolute atomic E-state index is 0.557. The lowest BCUT2D eigenvalue weighted by Gasteiger charge is -2.11. The summed E-state index contributed by atoms with van der Waals surface area (Å²) in [5, 5.41) is 10.2. The van der Waals surface area contributed by atoms with Crippen LogP contribution in [0.4, 0.5) is 0 Å². The highest BCUT2D eigenvalue weighted by Gasteiger charge is 2.09. The minimum Gasteiger partial charge on any atom is -0.384 e. The van der Waals surface area contributed by atoms with Gasteiger partial charge in [-0.15, -0.1) is 0 Å². The van der Waals surface area contributed by atoms with E-state index in [-0.39, 0.29) is 0 Å². The Bertz CT molecular complexity index is 476. The molecule has 1 N–H and O–H groups in total. The van der Waals surface area contributed by atoms with Crippen molar-refractivity contribution in [2.24, 2.45) is 0 Å². The molecule has 1 nitrogen and oxygen atoms in total. The van der Waals surface area contributed by atoms with Crippen molar-refractivity contribution in [3.63, 3.8) is 0 Å². The normalized spacial score (nSPS) is 12.4. The maximum absolute atomic E-state index is 10.2. The minimum atomic E-state index is -0.557. The Balaban J connectivity index is 2.31. The molecular weight excluding hydrogens is 264 g/mol. The molecule has 0 aliphatic rings. The highest BCUT2D eigenvalue weighted by atomic mass is 79.9. The van der Waals surface area contributed by atoms with Gasteiger partial charge in [0.2, 0.25) is 0 Å². The molecule has 0 fully saturated rings. The van der Waals surface area contributed by atoms with Crippen LogP contribution in [0.2, 0.25) is 0 Å². The number of halogens is 1. The van der Waals surface area contributed by atoms with Crippen molar-refractivity contribution in [2.45, 2.75) is 13.0 Å². The van der Waals surface area contributed by atoms with E-state index < -0.39 is 6.10 Å². The second-order valence-electron chi connectivity index (χ2n) is 3.87. The van der Waals surface area contributed by atoms with Crippen LogP contribution in [0.15, 0.2) is 53.0 Å². The molecule has 0 aromatic heterocycles. The van der Waals surface area contributed by atoms with Crippen LogP contribution in [0, 0.1) is 6.92 Å². The van der Waals surface area contributed by atoms with Gasteiger partial charge in [0.25, 0.3) is 0 Å². The third-order valence-corrected chi connectivity index (χ3v) is 3.05. The van der Waals surface area contributed by atoms with Gasteiger partial charge in [-0.3, -0.25) is 0 Å². The molecule has 1 atom stereocenters. The SMILES string of the molecule is Cc1ccc([C@@H](O)c2cccc(Br)c2)cc1. The second-order valence-corrected chi connectivity index (χ2v) is 4.78. The predicted octanol–water partition coefficient (Wildman–Crippen LogP) is 3.84. The number of aryl methyl sites for hydroxylation is 1. The van der Waals surface area contributed by atoms with Gasteiger partial charge in [-0.25, -0.2) is 0 Å². The largest absolute Gasteiger partial charge is 0.384 e. The third-order valence-electron chi connectivity index (χ3n) is 2.56. The summed E-state index contributed by atoms with van der Waals surface area (Å²) in [6.45, 7) is 2.04. The first kappa shape index (κ1) is 11.4. The molecule has 2 aromatic rings. The molecule has 0 bridgehead atoms. The van der Waals surface area contributed by atoms with Crippen molar-refractivity contribution in [3.05, 3.63) is 69.7 Å². The van der Waals surface area contributed by atoms with Gasteiger partial charge in [0.1, 0.15) is 6.10 Å². The molecule has 0 radical (unpaired) electrons. The highest BCUT2D eigenvalue weighted by molar-refractivity contribution is 9.10. The van der Waals surface area contributed by atoms with Crippen molar-refractivity contribution in [2.75, 3.05) is 0 Å². The van der Waals surface area contributed by atoms with Crippen molar-refractivity contribution < 1.29 is 5.11 Å². The summed E-state index contributed by atoms with van der Waals surface area (Å²) >= 11 is 3.40. The van der Waals surface area contributed by atoms with E-state index in [2.05, 4.69) is 15.9 Å². The fourth-order valence-corrected chi connectivity index (χ4v) is 2.03. The fourth-order valence-electron chi connectivity index (χ4n) is 1.62. The Morgan fingerprint density at radius 1 is 1.00 bits per heavy atom. The van der Waals surface area contributed by atoms with E-state index in [4.69, 9.17) is 0 Å². The van der Waals surface area contributed by atoms with Gasteiger partial charge in [0.15, 0.2) is 0 Å². The van der Waals surface area contributed by atoms with E-state index in [1.165, 1.54) is 5.56 Å². The number of hydrogen-bond donors (Lipinski definition) is 1. The smallest absolute Gasteiger partial charge is 0.104 e. The van der Waals surface area contributed by atoms with Crippen molar-refractivity contribution in [1.29, 1.82) is 0 Å². The zero-order valence-electron chi connectivity index (χ0n) is 9.02. The molecule has 82 valence electrons. The van der Waals surface area contributed by atoms with Gasteiger partial charge in [-0.1, -0.05) is 57.9 Å². The van der Waals surface area contributed by atoms with Crippen molar-refractivity contribution >= 4 is 15.9 Å². The zero-order chi connectivity index (χ0) is 11.5. The molecule has 0 unspecified atom stereocenters. The molecule has 0 saturated heterocycles. The fraction of sp³-hybridized carbons (Fsp3) is 0.143. The Hall–Kier alpha value is -1.12. The molecule has 0 spiro atoms. The molecule has 2 aromatic carbocycles. The first-order chi connectivity index (χ1) is 7.66. The summed E-state index contributed by atoms with van der Waals surface area (Å²) in [7, 11) is 0. The second kappa shape index (κ2) is 4.81.